The number of carbonyl (C=O) groups excluding carboxylic acids is 1. The topological polar surface area (TPSA) is 65.4 Å². The lowest BCUT2D eigenvalue weighted by atomic mass is 9.69. The first-order valence-corrected chi connectivity index (χ1v) is 10.6. The summed E-state index contributed by atoms with van der Waals surface area (Å²) in [5.41, 5.74) is 4.57. The van der Waals surface area contributed by atoms with Crippen LogP contribution in [-0.4, -0.2) is 29.0 Å². The molecule has 1 aliphatic heterocycles. The van der Waals surface area contributed by atoms with E-state index in [2.05, 4.69) is 29.5 Å². The maximum absolute atomic E-state index is 12.7. The van der Waals surface area contributed by atoms with Crippen LogP contribution in [0.5, 0.6) is 11.5 Å². The molecule has 2 aromatic rings. The molecule has 6 nitrogen and oxygen atoms in total. The molecule has 1 saturated carbocycles. The van der Waals surface area contributed by atoms with Gasteiger partial charge in [-0.05, 0) is 56.4 Å². The fourth-order valence-electron chi connectivity index (χ4n) is 4.80. The van der Waals surface area contributed by atoms with Crippen LogP contribution in [0, 0.1) is 13.8 Å². The number of amides is 1. The van der Waals surface area contributed by atoms with Crippen LogP contribution in [-0.2, 0) is 23.7 Å². The molecule has 0 atom stereocenters. The van der Waals surface area contributed by atoms with Gasteiger partial charge in [0.05, 0.1) is 5.69 Å². The summed E-state index contributed by atoms with van der Waals surface area (Å²) in [7, 11) is 1.95. The SMILES string of the molecule is Cc1nn(C)c(C)c1CCC(=O)NCC1(c2ccc3c(c2)OCO3)CCCCC1. The molecule has 0 spiro atoms. The van der Waals surface area contributed by atoms with Crippen molar-refractivity contribution < 1.29 is 14.3 Å². The molecule has 1 aromatic carbocycles. The Labute approximate surface area is 172 Å². The van der Waals surface area contributed by atoms with Crippen LogP contribution >= 0.6 is 0 Å². The first kappa shape index (κ1) is 19.8. The number of carbonyl (C=O) groups is 1. The zero-order chi connectivity index (χ0) is 20.4. The molecule has 1 N–H and O–H groups in total. The molecule has 0 bridgehead atoms. The summed E-state index contributed by atoms with van der Waals surface area (Å²) in [5.74, 6) is 1.74. The summed E-state index contributed by atoms with van der Waals surface area (Å²) in [6, 6.07) is 6.26. The molecule has 1 fully saturated rings. The minimum absolute atomic E-state index is 0.0188. The van der Waals surface area contributed by atoms with Crippen molar-refractivity contribution in [2.24, 2.45) is 7.05 Å². The van der Waals surface area contributed by atoms with Gasteiger partial charge in [-0.25, -0.2) is 0 Å². The molecule has 6 heteroatoms. The van der Waals surface area contributed by atoms with E-state index in [1.54, 1.807) is 0 Å². The van der Waals surface area contributed by atoms with Crippen molar-refractivity contribution in [1.82, 2.24) is 15.1 Å². The Bertz CT molecular complexity index is 897. The summed E-state index contributed by atoms with van der Waals surface area (Å²) in [4.78, 5) is 12.7. The molecule has 0 unspecified atom stereocenters. The number of nitrogens with one attached hydrogen (secondary N) is 1. The highest BCUT2D eigenvalue weighted by Gasteiger charge is 2.35. The maximum atomic E-state index is 12.7. The Morgan fingerprint density at radius 2 is 1.93 bits per heavy atom. The first-order chi connectivity index (χ1) is 14.0. The van der Waals surface area contributed by atoms with Crippen molar-refractivity contribution in [3.8, 4) is 11.5 Å². The van der Waals surface area contributed by atoms with Crippen molar-refractivity contribution in [1.29, 1.82) is 0 Å². The van der Waals surface area contributed by atoms with Crippen LogP contribution < -0.4 is 14.8 Å². The van der Waals surface area contributed by atoms with Gasteiger partial charge in [0.25, 0.3) is 0 Å². The highest BCUT2D eigenvalue weighted by Crippen LogP contribution is 2.43. The highest BCUT2D eigenvalue weighted by molar-refractivity contribution is 5.76. The third-order valence-corrected chi connectivity index (χ3v) is 6.68. The fraction of sp³-hybridized carbons (Fsp3) is 0.565. The number of aryl methyl sites for hydroxylation is 2. The Hall–Kier alpha value is -2.50. The molecule has 2 aliphatic rings. The van der Waals surface area contributed by atoms with Gasteiger partial charge in [0, 0.05) is 31.1 Å². The molecule has 1 aromatic heterocycles. The Morgan fingerprint density at radius 3 is 2.66 bits per heavy atom. The van der Waals surface area contributed by atoms with Crippen molar-refractivity contribution in [2.45, 2.75) is 64.2 Å². The molecule has 0 saturated heterocycles. The summed E-state index contributed by atoms with van der Waals surface area (Å²) >= 11 is 0. The van der Waals surface area contributed by atoms with E-state index >= 15 is 0 Å². The van der Waals surface area contributed by atoms with Crippen molar-refractivity contribution >= 4 is 5.91 Å². The number of ether oxygens (including phenoxy) is 2. The molecule has 0 radical (unpaired) electrons. The van der Waals surface area contributed by atoms with E-state index in [0.29, 0.717) is 13.0 Å². The first-order valence-electron chi connectivity index (χ1n) is 10.6. The van der Waals surface area contributed by atoms with E-state index in [9.17, 15) is 4.79 Å². The smallest absolute Gasteiger partial charge is 0.231 e. The number of nitrogens with zero attached hydrogens (tertiary/aromatic N) is 2. The Balaban J connectivity index is 1.43. The van der Waals surface area contributed by atoms with Crippen LogP contribution in [0.1, 0.15) is 61.0 Å². The second-order valence-corrected chi connectivity index (χ2v) is 8.46. The minimum atomic E-state index is -0.0188. The summed E-state index contributed by atoms with van der Waals surface area (Å²) in [5, 5.41) is 7.69. The van der Waals surface area contributed by atoms with Gasteiger partial charge in [-0.1, -0.05) is 25.3 Å². The number of rotatable bonds is 6. The number of aromatic nitrogens is 2. The lowest BCUT2D eigenvalue weighted by molar-refractivity contribution is -0.121. The average molecular weight is 398 g/mol. The van der Waals surface area contributed by atoms with Crippen LogP contribution in [0.2, 0.25) is 0 Å². The maximum Gasteiger partial charge on any atom is 0.231 e. The van der Waals surface area contributed by atoms with E-state index in [1.807, 2.05) is 24.7 Å². The van der Waals surface area contributed by atoms with E-state index in [-0.39, 0.29) is 18.1 Å². The van der Waals surface area contributed by atoms with Crippen molar-refractivity contribution in [3.63, 3.8) is 0 Å². The van der Waals surface area contributed by atoms with Crippen LogP contribution in [0.3, 0.4) is 0 Å². The highest BCUT2D eigenvalue weighted by atomic mass is 16.7. The van der Waals surface area contributed by atoms with Gasteiger partial charge in [0.15, 0.2) is 11.5 Å². The predicted molar refractivity (Wildman–Crippen MR) is 111 cm³/mol. The van der Waals surface area contributed by atoms with Crippen LogP contribution in [0.25, 0.3) is 0 Å². The summed E-state index contributed by atoms with van der Waals surface area (Å²) < 4.78 is 13.0. The van der Waals surface area contributed by atoms with Gasteiger partial charge < -0.3 is 14.8 Å². The van der Waals surface area contributed by atoms with Crippen LogP contribution in [0.4, 0.5) is 0 Å². The zero-order valence-electron chi connectivity index (χ0n) is 17.7. The van der Waals surface area contributed by atoms with Crippen LogP contribution in [0.15, 0.2) is 18.2 Å². The van der Waals surface area contributed by atoms with E-state index in [1.165, 1.54) is 30.4 Å². The molecule has 1 amide bonds. The van der Waals surface area contributed by atoms with E-state index < -0.39 is 0 Å². The normalized spacial score (nSPS) is 17.3. The molecular weight excluding hydrogens is 366 g/mol. The molecule has 156 valence electrons. The van der Waals surface area contributed by atoms with E-state index in [4.69, 9.17) is 9.47 Å². The van der Waals surface area contributed by atoms with Gasteiger partial charge in [0.1, 0.15) is 0 Å². The largest absolute Gasteiger partial charge is 0.454 e. The van der Waals surface area contributed by atoms with Gasteiger partial charge in [0.2, 0.25) is 12.7 Å². The van der Waals surface area contributed by atoms with Gasteiger partial charge >= 0.3 is 0 Å². The zero-order valence-corrected chi connectivity index (χ0v) is 17.7. The summed E-state index contributed by atoms with van der Waals surface area (Å²) in [6.45, 7) is 5.03. The van der Waals surface area contributed by atoms with E-state index in [0.717, 1.165) is 42.1 Å². The second-order valence-electron chi connectivity index (χ2n) is 8.46. The quantitative estimate of drug-likeness (QED) is 0.807. The number of benzene rings is 1. The van der Waals surface area contributed by atoms with Crippen molar-refractivity contribution in [2.75, 3.05) is 13.3 Å². The minimum Gasteiger partial charge on any atom is -0.454 e. The number of fused-ring (bicyclic) bond motifs is 1. The second kappa shape index (κ2) is 8.09. The standard InChI is InChI=1S/C23H31N3O3/c1-16-19(17(2)26(3)25-16)8-10-22(27)24-14-23(11-5-4-6-12-23)18-7-9-20-21(13-18)29-15-28-20/h7,9,13H,4-6,8,10-12,14-15H2,1-3H3,(H,24,27). The van der Waals surface area contributed by atoms with Gasteiger partial charge in [-0.3, -0.25) is 9.48 Å². The van der Waals surface area contributed by atoms with Crippen molar-refractivity contribution in [3.05, 3.63) is 40.7 Å². The molecule has 4 rings (SSSR count). The average Bonchev–Trinajstić information content (AvgIpc) is 3.29. The monoisotopic (exact) mass is 397 g/mol. The van der Waals surface area contributed by atoms with Gasteiger partial charge in [-0.2, -0.15) is 5.10 Å². The van der Waals surface area contributed by atoms with Gasteiger partial charge in [-0.15, -0.1) is 0 Å². The predicted octanol–water partition coefficient (Wildman–Crippen LogP) is 3.72. The third-order valence-electron chi connectivity index (χ3n) is 6.68. The molecule has 1 aliphatic carbocycles. The molecule has 29 heavy (non-hydrogen) atoms. The summed E-state index contributed by atoms with van der Waals surface area (Å²) in [6.07, 6.45) is 7.05. The lowest BCUT2D eigenvalue weighted by Gasteiger charge is -2.38. The Morgan fingerprint density at radius 1 is 1.17 bits per heavy atom. The fourth-order valence-corrected chi connectivity index (χ4v) is 4.80. The lowest BCUT2D eigenvalue weighted by Crippen LogP contribution is -2.42. The molecule has 2 heterocycles. The number of hydrogen-bond acceptors (Lipinski definition) is 4. The Kier molecular flexibility index (Phi) is 5.52. The number of hydrogen-bond donors (Lipinski definition) is 1. The molecular formula is C23H31N3O3. The third kappa shape index (κ3) is 3.98.